The van der Waals surface area contributed by atoms with Gasteiger partial charge in [0.15, 0.2) is 0 Å². The Balaban J connectivity index is 1.39. The van der Waals surface area contributed by atoms with E-state index in [1.54, 1.807) is 18.2 Å². The maximum absolute atomic E-state index is 9.25. The zero-order valence-electron chi connectivity index (χ0n) is 36.6. The fourth-order valence-electron chi connectivity index (χ4n) is 6.14. The molecule has 1 heterocycles. The van der Waals surface area contributed by atoms with Crippen LogP contribution in [0.3, 0.4) is 0 Å². The molecular formula is C44H28O. The third-order valence-corrected chi connectivity index (χ3v) is 8.21. The fourth-order valence-corrected chi connectivity index (χ4v) is 6.14. The van der Waals surface area contributed by atoms with Gasteiger partial charge in [-0.15, -0.1) is 0 Å². The van der Waals surface area contributed by atoms with E-state index in [4.69, 9.17) is 16.8 Å². The van der Waals surface area contributed by atoms with Gasteiger partial charge in [-0.3, -0.25) is 0 Å². The maximum Gasteiger partial charge on any atom is 0.135 e. The molecule has 9 aromatic rings. The van der Waals surface area contributed by atoms with Gasteiger partial charge in [-0.2, -0.15) is 0 Å². The summed E-state index contributed by atoms with van der Waals surface area (Å²) in [6.07, 6.45) is 0. The van der Waals surface area contributed by atoms with Gasteiger partial charge in [0.2, 0.25) is 0 Å². The van der Waals surface area contributed by atoms with Crippen LogP contribution in [0.5, 0.6) is 0 Å². The Morgan fingerprint density at radius 2 is 0.756 bits per heavy atom. The molecule has 0 saturated heterocycles. The van der Waals surface area contributed by atoms with Crippen LogP contribution in [0.15, 0.2) is 174 Å². The van der Waals surface area contributed by atoms with Crippen LogP contribution in [-0.2, 0) is 0 Å². The van der Waals surface area contributed by atoms with Crippen LogP contribution < -0.4 is 0 Å². The first kappa shape index (κ1) is 15.7. The predicted molar refractivity (Wildman–Crippen MR) is 190 cm³/mol. The molecule has 0 spiro atoms. The Hall–Kier alpha value is -5.92. The molecule has 0 aliphatic heterocycles. The highest BCUT2D eigenvalue weighted by molar-refractivity contribution is 6.22. The summed E-state index contributed by atoms with van der Waals surface area (Å²) in [5.74, 6) is 0. The van der Waals surface area contributed by atoms with Crippen molar-refractivity contribution in [3.05, 3.63) is 170 Å². The molecular weight excluding hydrogens is 544 g/mol. The third kappa shape index (κ3) is 4.24. The van der Waals surface area contributed by atoms with E-state index >= 15 is 0 Å². The van der Waals surface area contributed by atoms with Crippen molar-refractivity contribution in [1.29, 1.82) is 0 Å². The number of hydrogen-bond acceptors (Lipinski definition) is 1. The van der Waals surface area contributed by atoms with Gasteiger partial charge in [0.1, 0.15) is 11.2 Å². The molecule has 9 rings (SSSR count). The molecule has 8 aromatic carbocycles. The van der Waals surface area contributed by atoms with Crippen LogP contribution in [0.4, 0.5) is 0 Å². The topological polar surface area (TPSA) is 13.1 Å². The van der Waals surface area contributed by atoms with Crippen LogP contribution in [0, 0.1) is 0 Å². The van der Waals surface area contributed by atoms with E-state index in [9.17, 15) is 5.48 Å². The van der Waals surface area contributed by atoms with E-state index in [1.165, 1.54) is 0 Å². The molecule has 1 heteroatoms. The molecule has 0 N–H and O–H groups in total. The van der Waals surface area contributed by atoms with E-state index < -0.39 is 84.1 Å². The molecule has 0 radical (unpaired) electrons. The van der Waals surface area contributed by atoms with Crippen LogP contribution in [0.25, 0.3) is 88.0 Å². The fraction of sp³-hybridized carbons (Fsp3) is 0. The van der Waals surface area contributed by atoms with Crippen LogP contribution in [0.1, 0.15) is 17.8 Å². The summed E-state index contributed by atoms with van der Waals surface area (Å²) in [5, 5.41) is 0.571. The number of furan rings is 1. The van der Waals surface area contributed by atoms with E-state index in [0.717, 1.165) is 27.6 Å². The summed E-state index contributed by atoms with van der Waals surface area (Å²) in [7, 11) is 0. The van der Waals surface area contributed by atoms with E-state index in [2.05, 4.69) is 0 Å². The summed E-state index contributed by atoms with van der Waals surface area (Å²) < 4.78 is 121. The molecule has 0 bridgehead atoms. The average Bonchev–Trinajstić information content (AvgIpc) is 3.61. The standard InChI is InChI=1S/C44H28O/c1-3-11-29(12-4-1)30-19-21-31(22-20-30)33-23-25-41-39(27-33)40-28-34(24-26-42(40)45-41)44-37-17-9-7-15-35(37)43(32-13-5-2-6-14-32)36-16-8-10-18-38(36)44/h1-28H/i2D,5D,6D,7D,8D,9D,10D,13D,14D,15D,16D,17D,18D. The first-order chi connectivity index (χ1) is 27.7. The lowest BCUT2D eigenvalue weighted by Crippen LogP contribution is -1.90. The Labute approximate surface area is 279 Å². The zero-order valence-corrected chi connectivity index (χ0v) is 23.6. The molecule has 45 heavy (non-hydrogen) atoms. The normalized spacial score (nSPS) is 15.6. The van der Waals surface area contributed by atoms with Crippen molar-refractivity contribution in [3.63, 3.8) is 0 Å². The minimum absolute atomic E-state index is 0.0593. The lowest BCUT2D eigenvalue weighted by atomic mass is 9.86. The largest absolute Gasteiger partial charge is 0.456 e. The van der Waals surface area contributed by atoms with Crippen molar-refractivity contribution >= 4 is 43.5 Å². The lowest BCUT2D eigenvalue weighted by Gasteiger charge is -2.17. The Kier molecular flexibility index (Phi) is 3.62. The summed E-state index contributed by atoms with van der Waals surface area (Å²) in [4.78, 5) is 0. The second kappa shape index (κ2) is 10.4. The summed E-state index contributed by atoms with van der Waals surface area (Å²) in [5.41, 5.74) is 4.73. The monoisotopic (exact) mass is 585 g/mol. The highest BCUT2D eigenvalue weighted by Crippen LogP contribution is 2.45. The molecule has 0 atom stereocenters. The zero-order chi connectivity index (χ0) is 41.1. The molecule has 0 fully saturated rings. The first-order valence-corrected chi connectivity index (χ1v) is 14.4. The van der Waals surface area contributed by atoms with Gasteiger partial charge in [-0.25, -0.2) is 0 Å². The number of rotatable bonds is 4. The van der Waals surface area contributed by atoms with Gasteiger partial charge < -0.3 is 4.42 Å². The van der Waals surface area contributed by atoms with Crippen LogP contribution >= 0.6 is 0 Å². The van der Waals surface area contributed by atoms with Crippen molar-refractivity contribution in [2.75, 3.05) is 0 Å². The number of fused-ring (bicyclic) bond motifs is 5. The Morgan fingerprint density at radius 3 is 1.33 bits per heavy atom. The SMILES string of the molecule is [2H]c1c([2H])c([2H])c(-c2c3c([2H])c([2H])c([2H])c([2H])c3c(-c3ccc4oc5ccc(-c6ccc(-c7ccccc7)cc6)cc5c4c3)c3c([2H])c([2H])c([2H])c([2H])c23)c([2H])c1[2H]. The molecule has 0 aliphatic rings. The van der Waals surface area contributed by atoms with Crippen molar-refractivity contribution in [3.8, 4) is 44.5 Å². The minimum Gasteiger partial charge on any atom is -0.456 e. The van der Waals surface area contributed by atoms with Crippen molar-refractivity contribution < 1.29 is 22.2 Å². The molecule has 0 aliphatic carbocycles. The smallest absolute Gasteiger partial charge is 0.135 e. The van der Waals surface area contributed by atoms with Crippen molar-refractivity contribution in [2.24, 2.45) is 0 Å². The average molecular weight is 586 g/mol. The van der Waals surface area contributed by atoms with Gasteiger partial charge >= 0.3 is 0 Å². The molecule has 0 saturated carbocycles. The summed E-state index contributed by atoms with van der Waals surface area (Å²) >= 11 is 0. The Bertz CT molecular complexity index is 3140. The molecule has 210 valence electrons. The molecule has 1 nitrogen and oxygen atoms in total. The Morgan fingerprint density at radius 1 is 0.333 bits per heavy atom. The molecule has 0 amide bonds. The highest BCUT2D eigenvalue weighted by atomic mass is 16.3. The highest BCUT2D eigenvalue weighted by Gasteiger charge is 2.18. The van der Waals surface area contributed by atoms with E-state index in [-0.39, 0.29) is 32.7 Å². The third-order valence-electron chi connectivity index (χ3n) is 8.21. The van der Waals surface area contributed by atoms with Gasteiger partial charge in [-0.05, 0) is 90.3 Å². The van der Waals surface area contributed by atoms with Crippen molar-refractivity contribution in [2.45, 2.75) is 0 Å². The predicted octanol–water partition coefficient (Wildman–Crippen LogP) is 12.6. The van der Waals surface area contributed by atoms with Gasteiger partial charge in [-0.1, -0.05) is 145 Å². The second-order valence-electron chi connectivity index (χ2n) is 10.7. The van der Waals surface area contributed by atoms with Gasteiger partial charge in [0.05, 0.1) is 17.8 Å². The summed E-state index contributed by atoms with van der Waals surface area (Å²) in [6.45, 7) is 0. The van der Waals surface area contributed by atoms with E-state index in [0.29, 0.717) is 22.1 Å². The summed E-state index contributed by atoms with van der Waals surface area (Å²) in [6, 6.07) is 20.7. The van der Waals surface area contributed by atoms with Crippen LogP contribution in [-0.4, -0.2) is 0 Å². The lowest BCUT2D eigenvalue weighted by molar-refractivity contribution is 0.669. The quantitative estimate of drug-likeness (QED) is 0.187. The number of benzene rings is 8. The molecule has 1 aromatic heterocycles. The van der Waals surface area contributed by atoms with Gasteiger partial charge in [0.25, 0.3) is 0 Å². The van der Waals surface area contributed by atoms with Gasteiger partial charge in [0, 0.05) is 10.8 Å². The van der Waals surface area contributed by atoms with E-state index in [1.807, 2.05) is 72.8 Å². The number of hydrogen-bond donors (Lipinski definition) is 0. The van der Waals surface area contributed by atoms with Crippen molar-refractivity contribution in [1.82, 2.24) is 0 Å². The molecule has 0 unspecified atom stereocenters. The van der Waals surface area contributed by atoms with Crippen LogP contribution in [0.2, 0.25) is 0 Å². The maximum atomic E-state index is 9.25. The first-order valence-electron chi connectivity index (χ1n) is 20.9. The minimum atomic E-state index is -0.716. The second-order valence-corrected chi connectivity index (χ2v) is 10.7.